The van der Waals surface area contributed by atoms with Crippen LogP contribution in [0, 0.1) is 0 Å². The predicted octanol–water partition coefficient (Wildman–Crippen LogP) is 3.53. The predicted molar refractivity (Wildman–Crippen MR) is 88.3 cm³/mol. The summed E-state index contributed by atoms with van der Waals surface area (Å²) in [6, 6.07) is 3.65. The van der Waals surface area contributed by atoms with Gasteiger partial charge < -0.3 is 9.47 Å². The van der Waals surface area contributed by atoms with Gasteiger partial charge in [-0.2, -0.15) is 0 Å². The van der Waals surface area contributed by atoms with Gasteiger partial charge >= 0.3 is 6.09 Å². The molecule has 1 aromatic rings. The minimum absolute atomic E-state index is 0.0418. The van der Waals surface area contributed by atoms with Crippen LogP contribution in [0.3, 0.4) is 0 Å². The Morgan fingerprint density at radius 1 is 1.43 bits per heavy atom. The summed E-state index contributed by atoms with van der Waals surface area (Å²) in [7, 11) is 0. The number of hydrogen-bond donors (Lipinski definition) is 0. The van der Waals surface area contributed by atoms with Crippen LogP contribution in [0.2, 0.25) is 5.15 Å². The Morgan fingerprint density at radius 3 is 2.87 bits per heavy atom. The van der Waals surface area contributed by atoms with Crippen molar-refractivity contribution in [2.75, 3.05) is 13.2 Å². The first kappa shape index (κ1) is 16.3. The number of halogens is 1. The Bertz CT molecular complexity index is 639. The molecular weight excluding hydrogens is 316 g/mol. The number of aromatic nitrogens is 1. The zero-order chi connectivity index (χ0) is 16.6. The molecule has 3 heterocycles. The average molecular weight is 337 g/mol. The first-order valence-corrected chi connectivity index (χ1v) is 8.13. The minimum Gasteiger partial charge on any atom is -0.444 e. The molecule has 1 saturated heterocycles. The smallest absolute Gasteiger partial charge is 0.411 e. The molecule has 1 aromatic heterocycles. The third-order valence-corrected chi connectivity index (χ3v) is 4.21. The van der Waals surface area contributed by atoms with Gasteiger partial charge in [0.05, 0.1) is 25.3 Å². The average Bonchev–Trinajstić information content (AvgIpc) is 2.44. The van der Waals surface area contributed by atoms with Crippen LogP contribution < -0.4 is 0 Å². The van der Waals surface area contributed by atoms with Crippen molar-refractivity contribution in [2.24, 2.45) is 0 Å². The molecule has 124 valence electrons. The fourth-order valence-electron chi connectivity index (χ4n) is 3.02. The lowest BCUT2D eigenvalue weighted by atomic mass is 9.91. The summed E-state index contributed by atoms with van der Waals surface area (Å²) in [4.78, 5) is 18.5. The molecule has 0 radical (unpaired) electrons. The zero-order valence-electron chi connectivity index (χ0n) is 13.6. The number of morpholine rings is 1. The number of rotatable bonds is 1. The van der Waals surface area contributed by atoms with E-state index in [1.54, 1.807) is 11.1 Å². The van der Waals surface area contributed by atoms with Gasteiger partial charge in [0.2, 0.25) is 0 Å². The van der Waals surface area contributed by atoms with Crippen molar-refractivity contribution in [1.82, 2.24) is 9.88 Å². The van der Waals surface area contributed by atoms with Crippen LogP contribution >= 0.6 is 11.6 Å². The largest absolute Gasteiger partial charge is 0.444 e. The van der Waals surface area contributed by atoms with Crippen molar-refractivity contribution in [3.05, 3.63) is 35.1 Å². The molecule has 5 nitrogen and oxygen atoms in total. The molecule has 1 amide bonds. The maximum Gasteiger partial charge on any atom is 0.411 e. The number of pyridine rings is 1. The van der Waals surface area contributed by atoms with E-state index in [4.69, 9.17) is 21.1 Å². The molecular formula is C17H21ClN2O3. The van der Waals surface area contributed by atoms with Gasteiger partial charge in [0.1, 0.15) is 10.8 Å². The molecule has 0 aromatic carbocycles. The molecule has 2 atom stereocenters. The van der Waals surface area contributed by atoms with E-state index in [0.717, 1.165) is 11.1 Å². The summed E-state index contributed by atoms with van der Waals surface area (Å²) < 4.78 is 11.2. The molecule has 2 aliphatic rings. The minimum atomic E-state index is -0.511. The lowest BCUT2D eigenvalue weighted by Crippen LogP contribution is -2.57. The summed E-state index contributed by atoms with van der Waals surface area (Å²) in [5.41, 5.74) is 1.53. The van der Waals surface area contributed by atoms with Crippen LogP contribution in [0.4, 0.5) is 4.79 Å². The summed E-state index contributed by atoms with van der Waals surface area (Å²) >= 11 is 6.21. The van der Waals surface area contributed by atoms with Crippen molar-refractivity contribution in [1.29, 1.82) is 0 Å². The standard InChI is InChI=1S/C17H21ClN2O3/c1-17(2,3)23-16(21)20-12-7-11(8-13(20)10-22-9-12)14-5-4-6-19-15(14)18/h4-7,12-13H,8-10H2,1-3H3. The van der Waals surface area contributed by atoms with Gasteiger partial charge in [0.15, 0.2) is 0 Å². The van der Waals surface area contributed by atoms with Crippen molar-refractivity contribution in [2.45, 2.75) is 44.9 Å². The summed E-state index contributed by atoms with van der Waals surface area (Å²) in [6.07, 6.45) is 4.11. The number of carbonyl (C=O) groups is 1. The zero-order valence-corrected chi connectivity index (χ0v) is 14.3. The Kier molecular flexibility index (Phi) is 4.34. The lowest BCUT2D eigenvalue weighted by Gasteiger charge is -2.44. The number of amides is 1. The molecule has 0 aliphatic carbocycles. The first-order chi connectivity index (χ1) is 10.8. The van der Waals surface area contributed by atoms with Gasteiger partial charge in [-0.15, -0.1) is 0 Å². The second-order valence-corrected chi connectivity index (χ2v) is 7.24. The molecule has 0 N–H and O–H groups in total. The van der Waals surface area contributed by atoms with Gasteiger partial charge in [-0.05, 0) is 38.8 Å². The van der Waals surface area contributed by atoms with Crippen LogP contribution in [0.25, 0.3) is 5.57 Å². The number of hydrogen-bond acceptors (Lipinski definition) is 4. The topological polar surface area (TPSA) is 51.7 Å². The Hall–Kier alpha value is -1.59. The normalized spacial score (nSPS) is 24.2. The SMILES string of the molecule is CC(C)(C)OC(=O)N1C2C=C(c3cccnc3Cl)CC1COC2. The quantitative estimate of drug-likeness (QED) is 0.736. The molecule has 3 rings (SSSR count). The van der Waals surface area contributed by atoms with E-state index in [1.165, 1.54) is 0 Å². The first-order valence-electron chi connectivity index (χ1n) is 7.76. The molecule has 0 saturated carbocycles. The monoisotopic (exact) mass is 336 g/mol. The molecule has 6 heteroatoms. The van der Waals surface area contributed by atoms with Crippen molar-refractivity contribution >= 4 is 23.3 Å². The van der Waals surface area contributed by atoms with Crippen LogP contribution in [0.5, 0.6) is 0 Å². The van der Waals surface area contributed by atoms with Crippen LogP contribution in [-0.2, 0) is 9.47 Å². The summed E-state index contributed by atoms with van der Waals surface area (Å²) in [5.74, 6) is 0. The molecule has 0 spiro atoms. The van der Waals surface area contributed by atoms with Crippen LogP contribution in [0.1, 0.15) is 32.8 Å². The van der Waals surface area contributed by atoms with Gasteiger partial charge in [-0.3, -0.25) is 4.90 Å². The maximum atomic E-state index is 12.5. The molecule has 23 heavy (non-hydrogen) atoms. The third kappa shape index (κ3) is 3.51. The van der Waals surface area contributed by atoms with Crippen molar-refractivity contribution < 1.29 is 14.3 Å². The molecule has 2 bridgehead atoms. The second kappa shape index (κ2) is 6.13. The van der Waals surface area contributed by atoms with Gasteiger partial charge in [-0.25, -0.2) is 9.78 Å². The van der Waals surface area contributed by atoms with Gasteiger partial charge in [0.25, 0.3) is 0 Å². The van der Waals surface area contributed by atoms with Crippen LogP contribution in [-0.4, -0.2) is 46.9 Å². The number of nitrogens with zero attached hydrogens (tertiary/aromatic N) is 2. The van der Waals surface area contributed by atoms with E-state index < -0.39 is 5.60 Å². The number of carbonyl (C=O) groups excluding carboxylic acids is 1. The lowest BCUT2D eigenvalue weighted by molar-refractivity contribution is -0.0510. The Morgan fingerprint density at radius 2 is 2.22 bits per heavy atom. The third-order valence-electron chi connectivity index (χ3n) is 3.91. The van der Waals surface area contributed by atoms with Crippen molar-refractivity contribution in [3.8, 4) is 0 Å². The van der Waals surface area contributed by atoms with Crippen molar-refractivity contribution in [3.63, 3.8) is 0 Å². The summed E-state index contributed by atoms with van der Waals surface area (Å²) in [5, 5.41) is 0.489. The highest BCUT2D eigenvalue weighted by Crippen LogP contribution is 2.35. The van der Waals surface area contributed by atoms with E-state index in [0.29, 0.717) is 24.8 Å². The number of fused-ring (bicyclic) bond motifs is 2. The highest BCUT2D eigenvalue weighted by atomic mass is 35.5. The summed E-state index contributed by atoms with van der Waals surface area (Å²) in [6.45, 7) is 6.59. The number of ether oxygens (including phenoxy) is 2. The van der Waals surface area contributed by atoms with Gasteiger partial charge in [0, 0.05) is 11.8 Å². The Labute approximate surface area is 141 Å². The second-order valence-electron chi connectivity index (χ2n) is 6.88. The highest BCUT2D eigenvalue weighted by molar-refractivity contribution is 6.31. The Balaban J connectivity index is 1.88. The van der Waals surface area contributed by atoms with E-state index in [2.05, 4.69) is 4.98 Å². The molecule has 2 unspecified atom stereocenters. The highest BCUT2D eigenvalue weighted by Gasteiger charge is 2.40. The van der Waals surface area contributed by atoms with E-state index >= 15 is 0 Å². The van der Waals surface area contributed by atoms with E-state index in [1.807, 2.05) is 39.0 Å². The molecule has 2 aliphatic heterocycles. The van der Waals surface area contributed by atoms with Gasteiger partial charge in [-0.1, -0.05) is 23.7 Å². The maximum absolute atomic E-state index is 12.5. The van der Waals surface area contributed by atoms with Crippen LogP contribution in [0.15, 0.2) is 24.4 Å². The molecule has 1 fully saturated rings. The van der Waals surface area contributed by atoms with E-state index in [-0.39, 0.29) is 18.2 Å². The fourth-order valence-corrected chi connectivity index (χ4v) is 3.26. The van der Waals surface area contributed by atoms with E-state index in [9.17, 15) is 4.79 Å². The fraction of sp³-hybridized carbons (Fsp3) is 0.529.